The van der Waals surface area contributed by atoms with Crippen LogP contribution >= 0.6 is 11.3 Å². The van der Waals surface area contributed by atoms with Crippen LogP contribution in [0.3, 0.4) is 0 Å². The molecule has 1 aliphatic rings. The summed E-state index contributed by atoms with van der Waals surface area (Å²) in [6.45, 7) is 5.46. The highest BCUT2D eigenvalue weighted by atomic mass is 32.1. The maximum atomic E-state index is 10.1. The molecule has 1 aromatic heterocycles. The molecule has 120 valence electrons. The van der Waals surface area contributed by atoms with Crippen molar-refractivity contribution in [3.8, 4) is 0 Å². The summed E-state index contributed by atoms with van der Waals surface area (Å²) in [5.41, 5.74) is 0. The predicted octanol–water partition coefficient (Wildman–Crippen LogP) is 3.75. The first-order valence-electron chi connectivity index (χ1n) is 8.23. The minimum atomic E-state index is -0.423. The molecule has 1 saturated carbocycles. The molecule has 0 aromatic carbocycles. The number of ether oxygens (including phenoxy) is 1. The number of rotatable bonds is 8. The molecule has 2 unspecified atom stereocenters. The molecule has 1 heterocycles. The molecule has 0 saturated heterocycles. The van der Waals surface area contributed by atoms with Gasteiger partial charge in [-0.25, -0.2) is 0 Å². The molecule has 0 amide bonds. The molecule has 2 rings (SSSR count). The summed E-state index contributed by atoms with van der Waals surface area (Å²) in [6, 6.07) is 4.56. The van der Waals surface area contributed by atoms with Gasteiger partial charge in [-0.05, 0) is 30.2 Å². The van der Waals surface area contributed by atoms with E-state index in [1.54, 1.807) is 11.3 Å². The lowest BCUT2D eigenvalue weighted by atomic mass is 9.98. The number of hydrogen-bond acceptors (Lipinski definition) is 4. The number of aliphatic hydroxyl groups is 1. The van der Waals surface area contributed by atoms with Gasteiger partial charge in [0.1, 0.15) is 0 Å². The lowest BCUT2D eigenvalue weighted by molar-refractivity contribution is -0.0239. The fraction of sp³-hybridized carbons (Fsp3) is 0.765. The van der Waals surface area contributed by atoms with Crippen molar-refractivity contribution in [3.05, 3.63) is 22.4 Å². The van der Waals surface area contributed by atoms with Crippen LogP contribution in [0.4, 0.5) is 0 Å². The van der Waals surface area contributed by atoms with Crippen LogP contribution in [0.1, 0.15) is 56.9 Å². The highest BCUT2D eigenvalue weighted by Crippen LogP contribution is 2.25. The number of hydrogen-bond donors (Lipinski definition) is 2. The quantitative estimate of drug-likeness (QED) is 0.768. The van der Waals surface area contributed by atoms with Gasteiger partial charge in [0.05, 0.1) is 18.8 Å². The molecular weight excluding hydrogens is 282 g/mol. The normalized spacial score (nSPS) is 19.8. The Morgan fingerprint density at radius 3 is 2.71 bits per heavy atom. The molecule has 21 heavy (non-hydrogen) atoms. The van der Waals surface area contributed by atoms with Crippen LogP contribution in [-0.4, -0.2) is 30.5 Å². The second-order valence-electron chi connectivity index (χ2n) is 6.39. The molecule has 0 spiro atoms. The Balaban J connectivity index is 1.70. The van der Waals surface area contributed by atoms with E-state index in [1.807, 2.05) is 0 Å². The van der Waals surface area contributed by atoms with Gasteiger partial charge in [-0.15, -0.1) is 11.3 Å². The summed E-state index contributed by atoms with van der Waals surface area (Å²) in [7, 11) is 0. The zero-order valence-corrected chi connectivity index (χ0v) is 14.1. The number of thiophene rings is 1. The molecule has 1 fully saturated rings. The summed E-state index contributed by atoms with van der Waals surface area (Å²) < 4.78 is 5.84. The van der Waals surface area contributed by atoms with Crippen molar-refractivity contribution in [1.29, 1.82) is 0 Å². The van der Waals surface area contributed by atoms with Crippen LogP contribution in [0.5, 0.6) is 0 Å². The third kappa shape index (κ3) is 5.70. The Morgan fingerprint density at radius 2 is 2.10 bits per heavy atom. The molecule has 1 aromatic rings. The van der Waals surface area contributed by atoms with E-state index in [0.717, 1.165) is 12.8 Å². The standard InChI is InChI=1S/C17H29NO2S/c1-13(2)17(16-9-6-10-21-16)18-11-14(19)12-20-15-7-4-3-5-8-15/h6,9-10,13-15,17-19H,3-5,7-8,11-12H2,1-2H3. The smallest absolute Gasteiger partial charge is 0.0898 e. The Morgan fingerprint density at radius 1 is 1.33 bits per heavy atom. The van der Waals surface area contributed by atoms with Crippen LogP contribution < -0.4 is 5.32 Å². The Hall–Kier alpha value is -0.420. The van der Waals surface area contributed by atoms with Crippen molar-refractivity contribution < 1.29 is 9.84 Å². The maximum Gasteiger partial charge on any atom is 0.0898 e. The van der Waals surface area contributed by atoms with Gasteiger partial charge in [0.25, 0.3) is 0 Å². The molecule has 0 aliphatic heterocycles. The predicted molar refractivity (Wildman–Crippen MR) is 88.7 cm³/mol. The third-order valence-corrected chi connectivity index (χ3v) is 5.12. The largest absolute Gasteiger partial charge is 0.389 e. The lowest BCUT2D eigenvalue weighted by Crippen LogP contribution is -2.36. The fourth-order valence-corrected chi connectivity index (χ4v) is 3.91. The molecule has 4 heteroatoms. The number of nitrogens with one attached hydrogen (secondary N) is 1. The van der Waals surface area contributed by atoms with E-state index in [9.17, 15) is 5.11 Å². The summed E-state index contributed by atoms with van der Waals surface area (Å²) in [5.74, 6) is 0.509. The van der Waals surface area contributed by atoms with Gasteiger partial charge in [0.2, 0.25) is 0 Å². The molecular formula is C17H29NO2S. The minimum Gasteiger partial charge on any atom is -0.389 e. The van der Waals surface area contributed by atoms with Gasteiger partial charge in [0, 0.05) is 17.5 Å². The molecule has 2 N–H and O–H groups in total. The highest BCUT2D eigenvalue weighted by Gasteiger charge is 2.19. The van der Waals surface area contributed by atoms with E-state index in [-0.39, 0.29) is 0 Å². The average molecular weight is 311 g/mol. The monoisotopic (exact) mass is 311 g/mol. The third-order valence-electron chi connectivity index (χ3n) is 4.17. The van der Waals surface area contributed by atoms with Crippen molar-refractivity contribution in [1.82, 2.24) is 5.32 Å². The van der Waals surface area contributed by atoms with E-state index in [2.05, 4.69) is 36.7 Å². The van der Waals surface area contributed by atoms with Gasteiger partial charge < -0.3 is 15.2 Å². The van der Waals surface area contributed by atoms with E-state index in [0.29, 0.717) is 31.2 Å². The van der Waals surface area contributed by atoms with E-state index < -0.39 is 6.10 Å². The Bertz CT molecular complexity index is 374. The summed E-state index contributed by atoms with van der Waals surface area (Å²) in [5, 5.41) is 15.7. The van der Waals surface area contributed by atoms with E-state index in [1.165, 1.54) is 24.1 Å². The molecule has 0 radical (unpaired) electrons. The van der Waals surface area contributed by atoms with Crippen LogP contribution in [0.25, 0.3) is 0 Å². The summed E-state index contributed by atoms with van der Waals surface area (Å²) >= 11 is 1.77. The van der Waals surface area contributed by atoms with Crippen molar-refractivity contribution in [2.24, 2.45) is 5.92 Å². The van der Waals surface area contributed by atoms with Gasteiger partial charge in [0.15, 0.2) is 0 Å². The number of aliphatic hydroxyl groups excluding tert-OH is 1. The molecule has 1 aliphatic carbocycles. The maximum absolute atomic E-state index is 10.1. The first kappa shape index (κ1) is 16.9. The van der Waals surface area contributed by atoms with E-state index in [4.69, 9.17) is 4.74 Å². The van der Waals surface area contributed by atoms with Crippen molar-refractivity contribution in [2.45, 2.75) is 64.2 Å². The van der Waals surface area contributed by atoms with Crippen molar-refractivity contribution >= 4 is 11.3 Å². The van der Waals surface area contributed by atoms with Gasteiger partial charge >= 0.3 is 0 Å². The second-order valence-corrected chi connectivity index (χ2v) is 7.37. The minimum absolute atomic E-state index is 0.314. The molecule has 2 atom stereocenters. The fourth-order valence-electron chi connectivity index (χ4n) is 2.93. The molecule has 3 nitrogen and oxygen atoms in total. The second kappa shape index (κ2) is 8.89. The lowest BCUT2D eigenvalue weighted by Gasteiger charge is -2.25. The first-order valence-corrected chi connectivity index (χ1v) is 9.11. The van der Waals surface area contributed by atoms with Gasteiger partial charge in [-0.3, -0.25) is 0 Å². The molecule has 0 bridgehead atoms. The van der Waals surface area contributed by atoms with Crippen LogP contribution in [0, 0.1) is 5.92 Å². The summed E-state index contributed by atoms with van der Waals surface area (Å²) in [6.07, 6.45) is 6.13. The summed E-state index contributed by atoms with van der Waals surface area (Å²) in [4.78, 5) is 1.34. The SMILES string of the molecule is CC(C)C(NCC(O)COC1CCCCC1)c1cccs1. The van der Waals surface area contributed by atoms with E-state index >= 15 is 0 Å². The van der Waals surface area contributed by atoms with Crippen molar-refractivity contribution in [2.75, 3.05) is 13.2 Å². The van der Waals surface area contributed by atoms with Crippen LogP contribution in [0.2, 0.25) is 0 Å². The zero-order chi connectivity index (χ0) is 15.1. The van der Waals surface area contributed by atoms with Crippen LogP contribution in [0.15, 0.2) is 17.5 Å². The Labute approximate surface area is 132 Å². The van der Waals surface area contributed by atoms with Crippen LogP contribution in [-0.2, 0) is 4.74 Å². The van der Waals surface area contributed by atoms with Gasteiger partial charge in [-0.2, -0.15) is 0 Å². The van der Waals surface area contributed by atoms with Crippen molar-refractivity contribution in [3.63, 3.8) is 0 Å². The Kier molecular flexibility index (Phi) is 7.17. The highest BCUT2D eigenvalue weighted by molar-refractivity contribution is 7.10. The first-order chi connectivity index (χ1) is 10.2. The van der Waals surface area contributed by atoms with Gasteiger partial charge in [-0.1, -0.05) is 39.2 Å². The topological polar surface area (TPSA) is 41.5 Å². The zero-order valence-electron chi connectivity index (χ0n) is 13.3. The average Bonchev–Trinajstić information content (AvgIpc) is 3.00.